The highest BCUT2D eigenvalue weighted by molar-refractivity contribution is 6.14. The van der Waals surface area contributed by atoms with Crippen molar-refractivity contribution in [3.8, 4) is 0 Å². The maximum Gasteiger partial charge on any atom is 0.269 e. The number of para-hydroxylation sites is 1. The lowest BCUT2D eigenvalue weighted by atomic mass is 9.86. The fourth-order valence-corrected chi connectivity index (χ4v) is 5.38. The van der Waals surface area contributed by atoms with E-state index in [4.69, 9.17) is 4.74 Å². The van der Waals surface area contributed by atoms with Crippen LogP contribution in [-0.2, 0) is 14.3 Å². The molecule has 2 amide bonds. The Bertz CT molecular complexity index is 1210. The summed E-state index contributed by atoms with van der Waals surface area (Å²) >= 11 is 0. The number of nitro benzene ring substituents is 1. The number of rotatable bonds is 7. The number of Topliss-reactive ketones (excluding diaryl/α,β-unsaturated/α-hetero) is 1. The van der Waals surface area contributed by atoms with Crippen LogP contribution in [0.15, 0.2) is 54.6 Å². The molecule has 2 aromatic rings. The van der Waals surface area contributed by atoms with E-state index in [0.29, 0.717) is 13.0 Å². The van der Waals surface area contributed by atoms with E-state index in [-0.39, 0.29) is 35.4 Å². The normalized spacial score (nSPS) is 24.7. The smallest absolute Gasteiger partial charge is 0.269 e. The first-order valence-corrected chi connectivity index (χ1v) is 11.1. The van der Waals surface area contributed by atoms with E-state index >= 15 is 0 Å². The number of ketones is 1. The Kier molecular flexibility index (Phi) is 5.49. The molecule has 34 heavy (non-hydrogen) atoms. The molecule has 2 aromatic carbocycles. The van der Waals surface area contributed by atoms with Crippen LogP contribution in [0.3, 0.4) is 0 Å². The van der Waals surface area contributed by atoms with Gasteiger partial charge >= 0.3 is 0 Å². The maximum atomic E-state index is 13.8. The number of carbonyl (C=O) groups is 3. The molecule has 0 aromatic heterocycles. The summed E-state index contributed by atoms with van der Waals surface area (Å²) in [6, 6.07) is 11.6. The monoisotopic (exact) mass is 461 g/mol. The molecule has 174 valence electrons. The minimum Gasteiger partial charge on any atom is -0.385 e. The third-order valence-electron chi connectivity index (χ3n) is 6.87. The van der Waals surface area contributed by atoms with Crippen molar-refractivity contribution in [2.75, 3.05) is 25.2 Å². The van der Waals surface area contributed by atoms with Crippen molar-refractivity contribution in [3.05, 3.63) is 75.8 Å². The second kappa shape index (κ2) is 8.49. The lowest BCUT2D eigenvalue weighted by Gasteiger charge is -2.36. The van der Waals surface area contributed by atoms with E-state index in [1.54, 1.807) is 7.11 Å². The van der Waals surface area contributed by atoms with Crippen molar-refractivity contribution >= 4 is 35.0 Å². The van der Waals surface area contributed by atoms with Crippen molar-refractivity contribution in [1.82, 2.24) is 4.90 Å². The number of nitro groups is 1. The van der Waals surface area contributed by atoms with Gasteiger partial charge in [-0.25, -0.2) is 0 Å². The fourth-order valence-electron chi connectivity index (χ4n) is 5.38. The Morgan fingerprint density at radius 2 is 1.76 bits per heavy atom. The molecule has 3 aliphatic heterocycles. The number of anilines is 1. The number of non-ortho nitro benzene ring substituents is 1. The average molecular weight is 461 g/mol. The van der Waals surface area contributed by atoms with Crippen LogP contribution in [0.2, 0.25) is 0 Å². The van der Waals surface area contributed by atoms with Gasteiger partial charge in [-0.2, -0.15) is 0 Å². The number of ether oxygens (including phenoxy) is 1. The van der Waals surface area contributed by atoms with Crippen molar-refractivity contribution in [2.24, 2.45) is 11.8 Å². The Morgan fingerprint density at radius 3 is 2.47 bits per heavy atom. The highest BCUT2D eigenvalue weighted by atomic mass is 16.6. The summed E-state index contributed by atoms with van der Waals surface area (Å²) in [6.45, 7) is 0.657. The van der Waals surface area contributed by atoms with Crippen LogP contribution in [0.5, 0.6) is 0 Å². The largest absolute Gasteiger partial charge is 0.385 e. The molecule has 0 bridgehead atoms. The maximum absolute atomic E-state index is 13.8. The van der Waals surface area contributed by atoms with Crippen molar-refractivity contribution in [1.29, 1.82) is 0 Å². The molecule has 3 heterocycles. The molecule has 9 nitrogen and oxygen atoms in total. The molecule has 0 radical (unpaired) electrons. The lowest BCUT2D eigenvalue weighted by molar-refractivity contribution is -0.384. The average Bonchev–Trinajstić information content (AvgIpc) is 3.32. The van der Waals surface area contributed by atoms with Crippen LogP contribution in [0.1, 0.15) is 22.3 Å². The van der Waals surface area contributed by atoms with Crippen molar-refractivity contribution < 1.29 is 24.0 Å². The molecule has 0 unspecified atom stereocenters. The zero-order valence-corrected chi connectivity index (χ0v) is 18.5. The number of imide groups is 1. The van der Waals surface area contributed by atoms with E-state index in [2.05, 4.69) is 0 Å². The summed E-state index contributed by atoms with van der Waals surface area (Å²) in [7, 11) is 1.56. The topological polar surface area (TPSA) is 110 Å². The Morgan fingerprint density at radius 1 is 1.06 bits per heavy atom. The second-order valence-electron chi connectivity index (χ2n) is 8.65. The van der Waals surface area contributed by atoms with E-state index in [1.807, 2.05) is 41.3 Å². The predicted octanol–water partition coefficient (Wildman–Crippen LogP) is 2.70. The molecule has 5 rings (SSSR count). The SMILES string of the molecule is COCCCN1C(=O)[C@@H]2[C@H](C1=O)[C@H]1C=Cc3ccccc3N1[C@@H]2C(=O)c1ccc([N+](=O)[O-])cc1. The standard InChI is InChI=1S/C25H23N3O6/c1-34-14-4-13-26-24(30)20-19-12-9-15-5-2-3-6-18(15)27(19)22(21(20)25(26)31)23(29)16-7-10-17(11-8-16)28(32)33/h2-3,5-12,19-22H,4,13-14H2,1H3/t19-,20-,21-,22+/m1/s1. The van der Waals surface area contributed by atoms with Gasteiger partial charge in [0.2, 0.25) is 11.8 Å². The van der Waals surface area contributed by atoms with E-state index < -0.39 is 28.8 Å². The summed E-state index contributed by atoms with van der Waals surface area (Å²) in [4.78, 5) is 54.4. The van der Waals surface area contributed by atoms with Gasteiger partial charge in [-0.05, 0) is 30.2 Å². The van der Waals surface area contributed by atoms with Gasteiger partial charge in [0.05, 0.1) is 22.8 Å². The summed E-state index contributed by atoms with van der Waals surface area (Å²) < 4.78 is 5.06. The fraction of sp³-hybridized carbons (Fsp3) is 0.320. The van der Waals surface area contributed by atoms with Gasteiger partial charge in [0.15, 0.2) is 5.78 Å². The molecule has 2 fully saturated rings. The summed E-state index contributed by atoms with van der Waals surface area (Å²) in [6.07, 6.45) is 4.34. The predicted molar refractivity (Wildman–Crippen MR) is 123 cm³/mol. The highest BCUT2D eigenvalue weighted by Crippen LogP contribution is 2.49. The first-order valence-electron chi connectivity index (χ1n) is 11.1. The molecule has 0 spiro atoms. The second-order valence-corrected chi connectivity index (χ2v) is 8.65. The number of methoxy groups -OCH3 is 1. The van der Waals surface area contributed by atoms with Crippen LogP contribution in [-0.4, -0.2) is 59.8 Å². The molecular formula is C25H23N3O6. The molecule has 4 atom stereocenters. The number of fused-ring (bicyclic) bond motifs is 5. The van der Waals surface area contributed by atoms with E-state index in [1.165, 1.54) is 29.2 Å². The number of nitrogens with zero attached hydrogens (tertiary/aromatic N) is 3. The van der Waals surface area contributed by atoms with Gasteiger partial charge in [0.25, 0.3) is 5.69 Å². The summed E-state index contributed by atoms with van der Waals surface area (Å²) in [5.41, 5.74) is 1.83. The van der Waals surface area contributed by atoms with Crippen LogP contribution in [0.25, 0.3) is 6.08 Å². The molecule has 2 saturated heterocycles. The number of benzene rings is 2. The van der Waals surface area contributed by atoms with Crippen LogP contribution in [0.4, 0.5) is 11.4 Å². The Hall–Kier alpha value is -3.85. The van der Waals surface area contributed by atoms with Gasteiger partial charge in [-0.3, -0.25) is 29.4 Å². The molecule has 9 heteroatoms. The number of hydrogen-bond donors (Lipinski definition) is 0. The third-order valence-corrected chi connectivity index (χ3v) is 6.87. The Balaban J connectivity index is 1.57. The number of carbonyl (C=O) groups excluding carboxylic acids is 3. The van der Waals surface area contributed by atoms with Gasteiger partial charge in [-0.1, -0.05) is 30.4 Å². The number of hydrogen-bond acceptors (Lipinski definition) is 7. The highest BCUT2D eigenvalue weighted by Gasteiger charge is 2.63. The molecule has 0 N–H and O–H groups in total. The van der Waals surface area contributed by atoms with E-state index in [0.717, 1.165) is 11.3 Å². The van der Waals surface area contributed by atoms with E-state index in [9.17, 15) is 24.5 Å². The zero-order chi connectivity index (χ0) is 24.0. The van der Waals surface area contributed by atoms with Gasteiger partial charge in [0, 0.05) is 43.6 Å². The first kappa shape index (κ1) is 22.0. The third kappa shape index (κ3) is 3.31. The van der Waals surface area contributed by atoms with Crippen LogP contribution < -0.4 is 4.90 Å². The molecule has 3 aliphatic rings. The summed E-state index contributed by atoms with van der Waals surface area (Å²) in [5, 5.41) is 11.0. The van der Waals surface area contributed by atoms with Crippen LogP contribution in [0, 0.1) is 22.0 Å². The molecule has 0 aliphatic carbocycles. The minimum absolute atomic E-state index is 0.124. The Labute approximate surface area is 195 Å². The zero-order valence-electron chi connectivity index (χ0n) is 18.5. The number of amides is 2. The molecule has 0 saturated carbocycles. The minimum atomic E-state index is -0.897. The van der Waals surface area contributed by atoms with Gasteiger partial charge in [0.1, 0.15) is 6.04 Å². The van der Waals surface area contributed by atoms with Gasteiger partial charge < -0.3 is 9.64 Å². The van der Waals surface area contributed by atoms with Crippen molar-refractivity contribution in [2.45, 2.75) is 18.5 Å². The first-order chi connectivity index (χ1) is 16.4. The molecular weight excluding hydrogens is 438 g/mol. The lowest BCUT2D eigenvalue weighted by Crippen LogP contribution is -2.48. The number of likely N-dealkylation sites (tertiary alicyclic amines) is 1. The summed E-state index contributed by atoms with van der Waals surface area (Å²) in [5.74, 6) is -2.47. The van der Waals surface area contributed by atoms with Gasteiger partial charge in [-0.15, -0.1) is 0 Å². The van der Waals surface area contributed by atoms with Crippen LogP contribution >= 0.6 is 0 Å². The van der Waals surface area contributed by atoms with Crippen molar-refractivity contribution in [3.63, 3.8) is 0 Å². The quantitative estimate of drug-likeness (QED) is 0.205.